The first-order chi connectivity index (χ1) is 11.7. The first-order valence-corrected chi connectivity index (χ1v) is 7.69. The van der Waals surface area contributed by atoms with Gasteiger partial charge in [0, 0.05) is 25.4 Å². The van der Waals surface area contributed by atoms with E-state index in [1.54, 1.807) is 24.7 Å². The molecule has 1 aromatic carbocycles. The fourth-order valence-electron chi connectivity index (χ4n) is 2.90. The molecular formula is C17H17FN6. The molecule has 0 radical (unpaired) electrons. The molecule has 1 aliphatic heterocycles. The summed E-state index contributed by atoms with van der Waals surface area (Å²) in [5.74, 6) is -0.255. The number of aryl methyl sites for hydroxylation is 1. The van der Waals surface area contributed by atoms with Crippen LogP contribution in [0.2, 0.25) is 0 Å². The molecule has 0 aliphatic carbocycles. The van der Waals surface area contributed by atoms with Gasteiger partial charge in [-0.3, -0.25) is 4.98 Å². The molecule has 122 valence electrons. The second-order valence-electron chi connectivity index (χ2n) is 5.74. The predicted octanol–water partition coefficient (Wildman–Crippen LogP) is 1.94. The van der Waals surface area contributed by atoms with Crippen molar-refractivity contribution in [1.82, 2.24) is 30.9 Å². The van der Waals surface area contributed by atoms with Crippen LogP contribution < -0.4 is 16.4 Å². The van der Waals surface area contributed by atoms with E-state index in [4.69, 9.17) is 0 Å². The lowest BCUT2D eigenvalue weighted by atomic mass is 10.0. The van der Waals surface area contributed by atoms with Gasteiger partial charge in [0.25, 0.3) is 0 Å². The van der Waals surface area contributed by atoms with Crippen molar-refractivity contribution in [3.63, 3.8) is 0 Å². The molecule has 2 aromatic heterocycles. The summed E-state index contributed by atoms with van der Waals surface area (Å²) in [6.07, 6.45) is 3.53. The third-order valence-electron chi connectivity index (χ3n) is 4.12. The minimum atomic E-state index is -0.255. The van der Waals surface area contributed by atoms with Crippen LogP contribution in [0.5, 0.6) is 0 Å². The summed E-state index contributed by atoms with van der Waals surface area (Å²) in [5.41, 5.74) is 13.6. The van der Waals surface area contributed by atoms with Crippen LogP contribution in [0.1, 0.15) is 11.6 Å². The highest BCUT2D eigenvalue weighted by molar-refractivity contribution is 5.77. The zero-order chi connectivity index (χ0) is 16.5. The number of nitrogens with zero attached hydrogens (tertiary/aromatic N) is 3. The number of nitrogens with one attached hydrogen (secondary N) is 3. The quantitative estimate of drug-likeness (QED) is 0.687. The van der Waals surface area contributed by atoms with Gasteiger partial charge in [-0.15, -0.1) is 0 Å². The molecule has 1 fully saturated rings. The Balaban J connectivity index is 1.77. The van der Waals surface area contributed by atoms with Gasteiger partial charge < -0.3 is 4.57 Å². The van der Waals surface area contributed by atoms with Gasteiger partial charge in [-0.1, -0.05) is 0 Å². The van der Waals surface area contributed by atoms with Crippen LogP contribution in [-0.4, -0.2) is 21.1 Å². The fraction of sp³-hybridized carbons (Fsp3) is 0.176. The minimum Gasteiger partial charge on any atom is -0.333 e. The lowest BCUT2D eigenvalue weighted by Gasteiger charge is -2.11. The number of hydrogen-bond donors (Lipinski definition) is 3. The molecule has 0 bridgehead atoms. The van der Waals surface area contributed by atoms with Gasteiger partial charge >= 0.3 is 0 Å². The van der Waals surface area contributed by atoms with Gasteiger partial charge in [0.05, 0.1) is 23.8 Å². The third kappa shape index (κ3) is 2.69. The van der Waals surface area contributed by atoms with Gasteiger partial charge in [-0.2, -0.15) is 5.53 Å². The minimum absolute atomic E-state index is 0.171. The van der Waals surface area contributed by atoms with Gasteiger partial charge in [0.1, 0.15) is 11.5 Å². The summed E-state index contributed by atoms with van der Waals surface area (Å²) >= 11 is 0. The molecule has 0 spiro atoms. The number of rotatable bonds is 3. The van der Waals surface area contributed by atoms with E-state index >= 15 is 0 Å². The summed E-state index contributed by atoms with van der Waals surface area (Å²) < 4.78 is 15.1. The van der Waals surface area contributed by atoms with Crippen LogP contribution in [0.15, 0.2) is 48.9 Å². The Kier molecular flexibility index (Phi) is 3.81. The summed E-state index contributed by atoms with van der Waals surface area (Å²) in [6, 6.07) is 10.6. The Morgan fingerprint density at radius 1 is 1.17 bits per heavy atom. The molecule has 3 heterocycles. The van der Waals surface area contributed by atoms with Gasteiger partial charge in [-0.05, 0) is 42.0 Å². The fourth-order valence-corrected chi connectivity index (χ4v) is 2.90. The Hall–Kier alpha value is -2.61. The van der Waals surface area contributed by atoms with Crippen molar-refractivity contribution in [1.29, 1.82) is 0 Å². The molecule has 0 saturated carbocycles. The third-order valence-corrected chi connectivity index (χ3v) is 4.12. The average molecular weight is 324 g/mol. The predicted molar refractivity (Wildman–Crippen MR) is 88.8 cm³/mol. The SMILES string of the molecule is Cn1cnc(-c2cc(C3CNNN3)ccn2)c1-c1ccc(F)cc1. The van der Waals surface area contributed by atoms with Crippen LogP contribution in [0.25, 0.3) is 22.6 Å². The van der Waals surface area contributed by atoms with E-state index in [0.29, 0.717) is 0 Å². The van der Waals surface area contributed by atoms with E-state index in [-0.39, 0.29) is 11.9 Å². The van der Waals surface area contributed by atoms with Crippen molar-refractivity contribution in [2.75, 3.05) is 6.54 Å². The number of pyridine rings is 1. The van der Waals surface area contributed by atoms with Crippen molar-refractivity contribution in [3.05, 3.63) is 60.3 Å². The molecule has 7 heteroatoms. The van der Waals surface area contributed by atoms with E-state index in [2.05, 4.69) is 26.4 Å². The Bertz CT molecular complexity index is 852. The summed E-state index contributed by atoms with van der Waals surface area (Å²) in [6.45, 7) is 0.788. The van der Waals surface area contributed by atoms with Crippen LogP contribution >= 0.6 is 0 Å². The van der Waals surface area contributed by atoms with Gasteiger partial charge in [0.15, 0.2) is 0 Å². The van der Waals surface area contributed by atoms with Crippen molar-refractivity contribution < 1.29 is 4.39 Å². The number of imidazole rings is 1. The summed E-state index contributed by atoms with van der Waals surface area (Å²) in [5, 5.41) is 0. The maximum Gasteiger partial charge on any atom is 0.123 e. The van der Waals surface area contributed by atoms with E-state index in [1.807, 2.05) is 23.7 Å². The van der Waals surface area contributed by atoms with Crippen molar-refractivity contribution in [3.8, 4) is 22.6 Å². The number of aromatic nitrogens is 3. The molecule has 6 nitrogen and oxygen atoms in total. The molecule has 3 N–H and O–H groups in total. The van der Waals surface area contributed by atoms with Crippen molar-refractivity contribution in [2.45, 2.75) is 6.04 Å². The first kappa shape index (κ1) is 14.9. The molecule has 24 heavy (non-hydrogen) atoms. The first-order valence-electron chi connectivity index (χ1n) is 7.69. The Labute approximate surface area is 138 Å². The lowest BCUT2D eigenvalue weighted by molar-refractivity contribution is 0.555. The highest BCUT2D eigenvalue weighted by Crippen LogP contribution is 2.30. The zero-order valence-electron chi connectivity index (χ0n) is 13.1. The Morgan fingerprint density at radius 2 is 2.00 bits per heavy atom. The second kappa shape index (κ2) is 6.12. The average Bonchev–Trinajstić information content (AvgIpc) is 3.26. The number of hydrazine groups is 2. The number of hydrogen-bond acceptors (Lipinski definition) is 5. The molecule has 1 unspecified atom stereocenters. The molecule has 1 aliphatic rings. The van der Waals surface area contributed by atoms with Crippen LogP contribution in [0.4, 0.5) is 4.39 Å². The van der Waals surface area contributed by atoms with Crippen LogP contribution in [0, 0.1) is 5.82 Å². The summed E-state index contributed by atoms with van der Waals surface area (Å²) in [7, 11) is 1.92. The van der Waals surface area contributed by atoms with E-state index in [1.165, 1.54) is 12.1 Å². The monoisotopic (exact) mass is 324 g/mol. The summed E-state index contributed by atoms with van der Waals surface area (Å²) in [4.78, 5) is 8.99. The topological polar surface area (TPSA) is 66.8 Å². The lowest BCUT2D eigenvalue weighted by Crippen LogP contribution is -2.30. The highest BCUT2D eigenvalue weighted by atomic mass is 19.1. The molecule has 1 atom stereocenters. The van der Waals surface area contributed by atoms with Crippen LogP contribution in [0.3, 0.4) is 0 Å². The van der Waals surface area contributed by atoms with Gasteiger partial charge in [0.2, 0.25) is 0 Å². The maximum absolute atomic E-state index is 13.2. The molecule has 4 rings (SSSR count). The largest absolute Gasteiger partial charge is 0.333 e. The standard InChI is InChI=1S/C17H17FN6/c1-24-10-20-16(17(24)11-2-4-13(18)5-3-11)14-8-12(6-7-19-14)15-9-21-23-22-15/h2-8,10,15,21-23H,9H2,1H3. The van der Waals surface area contributed by atoms with Crippen molar-refractivity contribution >= 4 is 0 Å². The molecule has 3 aromatic rings. The van der Waals surface area contributed by atoms with Crippen molar-refractivity contribution in [2.24, 2.45) is 7.05 Å². The highest BCUT2D eigenvalue weighted by Gasteiger charge is 2.19. The molecular weight excluding hydrogens is 307 g/mol. The maximum atomic E-state index is 13.2. The Morgan fingerprint density at radius 3 is 2.75 bits per heavy atom. The second-order valence-corrected chi connectivity index (χ2v) is 5.74. The van der Waals surface area contributed by atoms with Crippen LogP contribution in [-0.2, 0) is 7.05 Å². The molecule has 1 saturated heterocycles. The van der Waals surface area contributed by atoms with Gasteiger partial charge in [-0.25, -0.2) is 20.2 Å². The number of halogens is 1. The smallest absolute Gasteiger partial charge is 0.123 e. The van der Waals surface area contributed by atoms with E-state index in [0.717, 1.165) is 34.8 Å². The normalized spacial score (nSPS) is 17.3. The van der Waals surface area contributed by atoms with E-state index < -0.39 is 0 Å². The molecule has 0 amide bonds. The number of benzene rings is 1. The zero-order valence-corrected chi connectivity index (χ0v) is 13.1. The van der Waals surface area contributed by atoms with E-state index in [9.17, 15) is 4.39 Å².